The van der Waals surface area contributed by atoms with Crippen LogP contribution in [0.1, 0.15) is 41.4 Å². The van der Waals surface area contributed by atoms with Gasteiger partial charge in [0.1, 0.15) is 12.4 Å². The summed E-state index contributed by atoms with van der Waals surface area (Å²) in [5.74, 6) is -0.295. The van der Waals surface area contributed by atoms with E-state index in [1.807, 2.05) is 30.3 Å². The first-order valence-corrected chi connectivity index (χ1v) is 10.1. The highest BCUT2D eigenvalue weighted by Gasteiger charge is 2.29. The van der Waals surface area contributed by atoms with Crippen LogP contribution in [0.2, 0.25) is 0 Å². The molecule has 1 aliphatic rings. The number of para-hydroxylation sites is 1. The van der Waals surface area contributed by atoms with Crippen LogP contribution in [0.3, 0.4) is 0 Å². The van der Waals surface area contributed by atoms with Gasteiger partial charge in [-0.05, 0) is 25.0 Å². The Morgan fingerprint density at radius 3 is 2.60 bits per heavy atom. The van der Waals surface area contributed by atoms with Gasteiger partial charge in [-0.2, -0.15) is 5.10 Å². The van der Waals surface area contributed by atoms with Crippen LogP contribution in [0.4, 0.5) is 0 Å². The highest BCUT2D eigenvalue weighted by molar-refractivity contribution is 5.94. The van der Waals surface area contributed by atoms with Crippen LogP contribution >= 0.6 is 0 Å². The molecule has 1 aliphatic carbocycles. The van der Waals surface area contributed by atoms with Gasteiger partial charge in [-0.3, -0.25) is 0 Å². The average Bonchev–Trinajstić information content (AvgIpc) is 3.09. The molecule has 0 bridgehead atoms. The number of fused-ring (bicyclic) bond motifs is 1. The van der Waals surface area contributed by atoms with Crippen molar-refractivity contribution in [3.63, 3.8) is 0 Å². The highest BCUT2D eigenvalue weighted by atomic mass is 16.5. The predicted molar refractivity (Wildman–Crippen MR) is 111 cm³/mol. The number of hydrogen-bond donors (Lipinski definition) is 1. The van der Waals surface area contributed by atoms with Crippen molar-refractivity contribution in [3.05, 3.63) is 47.8 Å². The topological polar surface area (TPSA) is 95.7 Å². The fourth-order valence-corrected chi connectivity index (χ4v) is 3.50. The van der Waals surface area contributed by atoms with Crippen molar-refractivity contribution in [1.29, 1.82) is 0 Å². The van der Waals surface area contributed by atoms with Crippen LogP contribution in [0, 0.1) is 0 Å². The van der Waals surface area contributed by atoms with Crippen molar-refractivity contribution in [2.45, 2.75) is 25.2 Å². The number of benzene rings is 1. The Balaban J connectivity index is 1.75. The lowest BCUT2D eigenvalue weighted by molar-refractivity contribution is 0.0546. The highest BCUT2D eigenvalue weighted by Crippen LogP contribution is 2.42. The third-order valence-corrected chi connectivity index (χ3v) is 5.26. The van der Waals surface area contributed by atoms with E-state index in [4.69, 9.17) is 19.3 Å². The summed E-state index contributed by atoms with van der Waals surface area (Å²) >= 11 is 0. The lowest BCUT2D eigenvalue weighted by atomic mass is 9.82. The molecule has 2 heterocycles. The number of rotatable bonds is 10. The van der Waals surface area contributed by atoms with Crippen molar-refractivity contribution < 1.29 is 24.1 Å². The molecule has 0 spiro atoms. The molecule has 0 radical (unpaired) electrons. The zero-order chi connectivity index (χ0) is 20.9. The smallest absolute Gasteiger partial charge is 0.354 e. The van der Waals surface area contributed by atoms with E-state index in [1.165, 1.54) is 6.07 Å². The van der Waals surface area contributed by atoms with E-state index in [0.717, 1.165) is 36.0 Å². The number of aromatic nitrogens is 3. The summed E-state index contributed by atoms with van der Waals surface area (Å²) in [6, 6.07) is 11.1. The third-order valence-electron chi connectivity index (χ3n) is 5.26. The summed E-state index contributed by atoms with van der Waals surface area (Å²) in [6.07, 6.45) is 3.27. The van der Waals surface area contributed by atoms with E-state index < -0.39 is 5.97 Å². The van der Waals surface area contributed by atoms with Crippen LogP contribution in [0.25, 0.3) is 16.7 Å². The minimum atomic E-state index is -1.11. The molecular formula is C22H25N3O5. The molecule has 0 atom stereocenters. The first-order valence-electron chi connectivity index (χ1n) is 10.1. The minimum Gasteiger partial charge on any atom is -0.490 e. The summed E-state index contributed by atoms with van der Waals surface area (Å²) in [5, 5.41) is 15.2. The van der Waals surface area contributed by atoms with Crippen LogP contribution in [-0.4, -0.2) is 59.4 Å². The molecule has 8 nitrogen and oxygen atoms in total. The van der Waals surface area contributed by atoms with Gasteiger partial charge in [-0.1, -0.05) is 24.6 Å². The van der Waals surface area contributed by atoms with Crippen LogP contribution in [-0.2, 0) is 9.47 Å². The maximum absolute atomic E-state index is 11.7. The third kappa shape index (κ3) is 4.15. The maximum atomic E-state index is 11.7. The van der Waals surface area contributed by atoms with Crippen molar-refractivity contribution in [3.8, 4) is 11.4 Å². The second-order valence-corrected chi connectivity index (χ2v) is 7.22. The van der Waals surface area contributed by atoms with E-state index in [9.17, 15) is 9.90 Å². The molecule has 1 fully saturated rings. The molecule has 2 aromatic heterocycles. The largest absolute Gasteiger partial charge is 0.490 e. The van der Waals surface area contributed by atoms with Crippen molar-refractivity contribution in [2.24, 2.45) is 0 Å². The minimum absolute atomic E-state index is 0.0740. The second kappa shape index (κ2) is 9.23. The average molecular weight is 411 g/mol. The Morgan fingerprint density at radius 2 is 1.93 bits per heavy atom. The maximum Gasteiger partial charge on any atom is 0.354 e. The lowest BCUT2D eigenvalue weighted by Gasteiger charge is -2.24. The molecule has 158 valence electrons. The van der Waals surface area contributed by atoms with Crippen LogP contribution in [0.5, 0.6) is 5.75 Å². The number of carbonyl (C=O) groups is 1. The van der Waals surface area contributed by atoms with Gasteiger partial charge in [0.05, 0.1) is 36.6 Å². The first kappa shape index (κ1) is 20.3. The first-order chi connectivity index (χ1) is 14.7. The molecule has 0 saturated heterocycles. The predicted octanol–water partition coefficient (Wildman–Crippen LogP) is 3.43. The van der Waals surface area contributed by atoms with Gasteiger partial charge >= 0.3 is 5.97 Å². The quantitative estimate of drug-likeness (QED) is 0.511. The molecule has 1 N–H and O–H groups in total. The molecular weight excluding hydrogens is 386 g/mol. The fraction of sp³-hybridized carbons (Fsp3) is 0.409. The molecule has 8 heteroatoms. The van der Waals surface area contributed by atoms with Gasteiger partial charge in [-0.15, -0.1) is 0 Å². The Bertz CT molecular complexity index is 1010. The summed E-state index contributed by atoms with van der Waals surface area (Å²) in [7, 11) is 1.62. The Hall–Kier alpha value is -2.97. The van der Waals surface area contributed by atoms with Gasteiger partial charge < -0.3 is 19.3 Å². The Morgan fingerprint density at radius 1 is 1.17 bits per heavy atom. The van der Waals surface area contributed by atoms with E-state index in [-0.39, 0.29) is 5.69 Å². The van der Waals surface area contributed by atoms with Gasteiger partial charge in [0, 0.05) is 19.1 Å². The second-order valence-electron chi connectivity index (χ2n) is 7.22. The van der Waals surface area contributed by atoms with Gasteiger partial charge in [0.15, 0.2) is 11.3 Å². The van der Waals surface area contributed by atoms with Crippen molar-refractivity contribution in [2.75, 3.05) is 33.5 Å². The van der Waals surface area contributed by atoms with Crippen molar-refractivity contribution in [1.82, 2.24) is 14.8 Å². The molecule has 1 saturated carbocycles. The lowest BCUT2D eigenvalue weighted by Crippen LogP contribution is -2.12. The van der Waals surface area contributed by atoms with Gasteiger partial charge in [0.2, 0.25) is 0 Å². The summed E-state index contributed by atoms with van der Waals surface area (Å²) in [4.78, 5) is 16.1. The van der Waals surface area contributed by atoms with E-state index in [0.29, 0.717) is 43.7 Å². The molecule has 3 aromatic rings. The van der Waals surface area contributed by atoms with E-state index in [2.05, 4.69) is 4.98 Å². The number of aromatic carboxylic acids is 1. The number of hydrogen-bond acceptors (Lipinski definition) is 6. The zero-order valence-electron chi connectivity index (χ0n) is 16.9. The Labute approximate surface area is 174 Å². The SMILES string of the molecule is COCCOCCOc1cc(C(=O)O)nc2c1c(C1CCC1)nn2-c1ccccc1. The molecule has 0 unspecified atom stereocenters. The standard InChI is InChI=1S/C22H25N3O5/c1-28-10-11-29-12-13-30-18-14-17(22(26)27)23-21-19(18)20(15-6-5-7-15)24-25(21)16-8-3-2-4-9-16/h2-4,8-9,14-15H,5-7,10-13H2,1H3,(H,26,27). The number of carboxylic acids is 1. The van der Waals surface area contributed by atoms with Crippen LogP contribution in [0.15, 0.2) is 36.4 Å². The monoisotopic (exact) mass is 411 g/mol. The Kier molecular flexibility index (Phi) is 6.25. The fourth-order valence-electron chi connectivity index (χ4n) is 3.50. The van der Waals surface area contributed by atoms with E-state index in [1.54, 1.807) is 11.8 Å². The molecule has 1 aromatic carbocycles. The molecule has 0 amide bonds. The number of carboxylic acid groups (broad SMARTS) is 1. The molecule has 0 aliphatic heterocycles. The number of pyridine rings is 1. The van der Waals surface area contributed by atoms with Crippen LogP contribution < -0.4 is 4.74 Å². The van der Waals surface area contributed by atoms with Gasteiger partial charge in [-0.25, -0.2) is 14.5 Å². The summed E-state index contributed by atoms with van der Waals surface area (Å²) < 4.78 is 18.1. The molecule has 30 heavy (non-hydrogen) atoms. The zero-order valence-corrected chi connectivity index (χ0v) is 16.9. The summed E-state index contributed by atoms with van der Waals surface area (Å²) in [6.45, 7) is 1.66. The number of ether oxygens (including phenoxy) is 3. The van der Waals surface area contributed by atoms with E-state index >= 15 is 0 Å². The van der Waals surface area contributed by atoms with Crippen molar-refractivity contribution >= 4 is 17.0 Å². The summed E-state index contributed by atoms with van der Waals surface area (Å²) in [5.41, 5.74) is 2.17. The number of methoxy groups -OCH3 is 1. The van der Waals surface area contributed by atoms with Gasteiger partial charge in [0.25, 0.3) is 0 Å². The normalized spacial score (nSPS) is 14.0. The molecule has 4 rings (SSSR count). The number of nitrogens with zero attached hydrogens (tertiary/aromatic N) is 3.